The number of rotatable bonds is 6. The zero-order chi connectivity index (χ0) is 15.4. The number of aliphatic carboxylic acids is 1. The first kappa shape index (κ1) is 15.7. The zero-order valence-electron chi connectivity index (χ0n) is 11.3. The van der Waals surface area contributed by atoms with Crippen LogP contribution in [0.1, 0.15) is 37.2 Å². The van der Waals surface area contributed by atoms with Crippen LogP contribution in [-0.2, 0) is 11.2 Å². The number of carboxylic acid groups (broad SMARTS) is 1. The highest BCUT2D eigenvalue weighted by Gasteiger charge is 2.24. The number of benzene rings is 1. The highest BCUT2D eigenvalue weighted by atomic mass is 35.5. The maximum absolute atomic E-state index is 11.4. The summed E-state index contributed by atoms with van der Waals surface area (Å²) in [5, 5.41) is 21.6. The summed E-state index contributed by atoms with van der Waals surface area (Å²) >= 11 is 12.2. The Balaban J connectivity index is 2.34. The fraction of sp³-hybridized carbons (Fsp3) is 0.385. The predicted molar refractivity (Wildman–Crippen MR) is 78.7 cm³/mol. The van der Waals surface area contributed by atoms with E-state index in [1.165, 1.54) is 4.68 Å². The van der Waals surface area contributed by atoms with E-state index in [0.717, 1.165) is 0 Å². The smallest absolute Gasteiger partial charge is 0.328 e. The molecule has 0 aliphatic carbocycles. The van der Waals surface area contributed by atoms with Crippen molar-refractivity contribution in [1.82, 2.24) is 20.2 Å². The maximum atomic E-state index is 11.4. The van der Waals surface area contributed by atoms with Crippen molar-refractivity contribution in [2.24, 2.45) is 0 Å². The van der Waals surface area contributed by atoms with Crippen LogP contribution in [0.4, 0.5) is 0 Å². The van der Waals surface area contributed by atoms with Gasteiger partial charge < -0.3 is 5.11 Å². The van der Waals surface area contributed by atoms with Gasteiger partial charge in [0.25, 0.3) is 0 Å². The van der Waals surface area contributed by atoms with Crippen LogP contribution in [0.3, 0.4) is 0 Å². The van der Waals surface area contributed by atoms with Crippen LogP contribution in [0.25, 0.3) is 0 Å². The summed E-state index contributed by atoms with van der Waals surface area (Å²) in [5.74, 6) is -0.540. The van der Waals surface area contributed by atoms with Gasteiger partial charge in [-0.3, -0.25) is 0 Å². The van der Waals surface area contributed by atoms with E-state index in [1.807, 2.05) is 6.92 Å². The molecule has 6 nitrogen and oxygen atoms in total. The summed E-state index contributed by atoms with van der Waals surface area (Å²) in [6, 6.07) is 4.39. The number of carboxylic acids is 1. The van der Waals surface area contributed by atoms with Crippen molar-refractivity contribution >= 4 is 29.2 Å². The Kier molecular flexibility index (Phi) is 5.14. The third-order valence-corrected chi connectivity index (χ3v) is 3.81. The third kappa shape index (κ3) is 3.51. The summed E-state index contributed by atoms with van der Waals surface area (Å²) in [5.41, 5.74) is 0.678. The molecule has 8 heteroatoms. The monoisotopic (exact) mass is 328 g/mol. The van der Waals surface area contributed by atoms with E-state index in [1.54, 1.807) is 18.2 Å². The number of tetrazole rings is 1. The molecular weight excluding hydrogens is 315 g/mol. The van der Waals surface area contributed by atoms with Gasteiger partial charge >= 0.3 is 5.97 Å². The van der Waals surface area contributed by atoms with E-state index < -0.39 is 12.0 Å². The molecule has 0 saturated heterocycles. The summed E-state index contributed by atoms with van der Waals surface area (Å²) in [6.45, 7) is 1.91. The molecule has 1 aromatic heterocycles. The quantitative estimate of drug-likeness (QED) is 0.881. The largest absolute Gasteiger partial charge is 0.480 e. The average Bonchev–Trinajstić information content (AvgIpc) is 2.88. The van der Waals surface area contributed by atoms with Gasteiger partial charge in [-0.2, -0.15) is 0 Å². The van der Waals surface area contributed by atoms with Crippen LogP contribution in [0.15, 0.2) is 18.2 Å². The van der Waals surface area contributed by atoms with E-state index in [0.29, 0.717) is 34.3 Å². The molecule has 0 amide bonds. The predicted octanol–water partition coefficient (Wildman–Crippen LogP) is 3.00. The number of carbonyl (C=O) groups is 1. The molecule has 21 heavy (non-hydrogen) atoms. The molecule has 0 radical (unpaired) electrons. The Morgan fingerprint density at radius 3 is 2.62 bits per heavy atom. The van der Waals surface area contributed by atoms with E-state index in [2.05, 4.69) is 15.5 Å². The van der Waals surface area contributed by atoms with Crippen molar-refractivity contribution in [2.75, 3.05) is 0 Å². The second kappa shape index (κ2) is 6.87. The van der Waals surface area contributed by atoms with Crippen LogP contribution in [-0.4, -0.2) is 31.3 Å². The van der Waals surface area contributed by atoms with Crippen LogP contribution < -0.4 is 0 Å². The normalized spacial score (nSPS) is 12.3. The van der Waals surface area contributed by atoms with Crippen molar-refractivity contribution in [2.45, 2.75) is 32.2 Å². The first-order valence-corrected chi connectivity index (χ1v) is 7.22. The fourth-order valence-electron chi connectivity index (χ4n) is 2.05. The number of aromatic nitrogens is 4. The molecule has 0 bridgehead atoms. The topological polar surface area (TPSA) is 80.9 Å². The van der Waals surface area contributed by atoms with E-state index in [4.69, 9.17) is 23.2 Å². The molecule has 1 atom stereocenters. The Morgan fingerprint density at radius 2 is 2.05 bits per heavy atom. The summed E-state index contributed by atoms with van der Waals surface area (Å²) in [7, 11) is 0. The number of halogens is 2. The second-order valence-electron chi connectivity index (χ2n) is 4.56. The molecule has 0 fully saturated rings. The summed E-state index contributed by atoms with van der Waals surface area (Å²) < 4.78 is 1.32. The van der Waals surface area contributed by atoms with Gasteiger partial charge in [0.1, 0.15) is 0 Å². The lowest BCUT2D eigenvalue weighted by Gasteiger charge is -2.13. The maximum Gasteiger partial charge on any atom is 0.328 e. The van der Waals surface area contributed by atoms with Gasteiger partial charge in [0.15, 0.2) is 11.9 Å². The third-order valence-electron chi connectivity index (χ3n) is 3.10. The molecule has 2 aromatic rings. The molecular formula is C13H14Cl2N4O2. The van der Waals surface area contributed by atoms with Gasteiger partial charge in [-0.05, 0) is 34.5 Å². The molecule has 1 aromatic carbocycles. The first-order chi connectivity index (χ1) is 10.0. The van der Waals surface area contributed by atoms with Crippen molar-refractivity contribution in [3.05, 3.63) is 39.6 Å². The highest BCUT2D eigenvalue weighted by molar-refractivity contribution is 6.36. The van der Waals surface area contributed by atoms with E-state index >= 15 is 0 Å². The minimum absolute atomic E-state index is 0.277. The van der Waals surface area contributed by atoms with Gasteiger partial charge in [-0.25, -0.2) is 9.48 Å². The Morgan fingerprint density at radius 1 is 1.38 bits per heavy atom. The van der Waals surface area contributed by atoms with Crippen LogP contribution in [0.2, 0.25) is 10.0 Å². The SMILES string of the molecule is CCCC(C(=O)O)n1nnnc1Cc1c(Cl)cccc1Cl. The lowest BCUT2D eigenvalue weighted by molar-refractivity contribution is -0.141. The molecule has 1 unspecified atom stereocenters. The van der Waals surface area contributed by atoms with Gasteiger partial charge in [0.05, 0.1) is 0 Å². The van der Waals surface area contributed by atoms with Gasteiger partial charge in [-0.15, -0.1) is 5.10 Å². The molecule has 0 aliphatic rings. The van der Waals surface area contributed by atoms with Gasteiger partial charge in [-0.1, -0.05) is 42.6 Å². The van der Waals surface area contributed by atoms with Crippen molar-refractivity contribution in [3.8, 4) is 0 Å². The van der Waals surface area contributed by atoms with E-state index in [-0.39, 0.29) is 6.42 Å². The fourth-order valence-corrected chi connectivity index (χ4v) is 2.58. The molecule has 0 spiro atoms. The van der Waals surface area contributed by atoms with Crippen molar-refractivity contribution in [1.29, 1.82) is 0 Å². The number of hydrogen-bond donors (Lipinski definition) is 1. The lowest BCUT2D eigenvalue weighted by atomic mass is 10.1. The Hall–Kier alpha value is -1.66. The molecule has 112 valence electrons. The molecule has 0 aliphatic heterocycles. The van der Waals surface area contributed by atoms with Crippen LogP contribution in [0.5, 0.6) is 0 Å². The zero-order valence-corrected chi connectivity index (χ0v) is 12.8. The van der Waals surface area contributed by atoms with Gasteiger partial charge in [0.2, 0.25) is 0 Å². The number of hydrogen-bond acceptors (Lipinski definition) is 4. The standard InChI is InChI=1S/C13H14Cl2N4O2/c1-2-4-11(13(20)21)19-12(16-17-18-19)7-8-9(14)5-3-6-10(8)15/h3,5-6,11H,2,4,7H2,1H3,(H,20,21). The van der Waals surface area contributed by atoms with Crippen molar-refractivity contribution < 1.29 is 9.90 Å². The lowest BCUT2D eigenvalue weighted by Crippen LogP contribution is -2.22. The van der Waals surface area contributed by atoms with Crippen LogP contribution >= 0.6 is 23.2 Å². The second-order valence-corrected chi connectivity index (χ2v) is 5.37. The molecule has 0 saturated carbocycles. The highest BCUT2D eigenvalue weighted by Crippen LogP contribution is 2.27. The Bertz CT molecular complexity index is 625. The minimum Gasteiger partial charge on any atom is -0.480 e. The van der Waals surface area contributed by atoms with Crippen molar-refractivity contribution in [3.63, 3.8) is 0 Å². The van der Waals surface area contributed by atoms with E-state index in [9.17, 15) is 9.90 Å². The molecule has 1 heterocycles. The average molecular weight is 329 g/mol. The summed E-state index contributed by atoms with van der Waals surface area (Å²) in [6.07, 6.45) is 1.44. The van der Waals surface area contributed by atoms with Gasteiger partial charge in [0, 0.05) is 16.5 Å². The number of nitrogens with zero attached hydrogens (tertiary/aromatic N) is 4. The molecule has 2 rings (SSSR count). The first-order valence-electron chi connectivity index (χ1n) is 6.47. The Labute approximate surface area is 131 Å². The molecule has 1 N–H and O–H groups in total. The van der Waals surface area contributed by atoms with Crippen LogP contribution in [0, 0.1) is 0 Å². The minimum atomic E-state index is -0.962. The summed E-state index contributed by atoms with van der Waals surface area (Å²) in [4.78, 5) is 11.4.